The van der Waals surface area contributed by atoms with Crippen LogP contribution in [0.3, 0.4) is 0 Å². The molecule has 6 heteroatoms. The zero-order valence-electron chi connectivity index (χ0n) is 16.5. The Hall–Kier alpha value is -2.57. The van der Waals surface area contributed by atoms with Gasteiger partial charge in [0, 0.05) is 26.2 Å². The summed E-state index contributed by atoms with van der Waals surface area (Å²) in [4.78, 5) is 14.5. The molecule has 1 fully saturated rings. The van der Waals surface area contributed by atoms with Crippen LogP contribution in [0.4, 0.5) is 0 Å². The molecule has 0 radical (unpaired) electrons. The summed E-state index contributed by atoms with van der Waals surface area (Å²) in [5.41, 5.74) is 2.33. The van der Waals surface area contributed by atoms with Crippen LogP contribution in [0.25, 0.3) is 0 Å². The van der Waals surface area contributed by atoms with Crippen LogP contribution in [0.2, 0.25) is 0 Å². The van der Waals surface area contributed by atoms with Crippen molar-refractivity contribution in [1.29, 1.82) is 0 Å². The molecule has 2 aromatic rings. The molecule has 1 amide bonds. The number of hydrogen-bond acceptors (Lipinski definition) is 5. The number of carbonyl (C=O) groups excluding carboxylic acids is 1. The van der Waals surface area contributed by atoms with Gasteiger partial charge in [-0.15, -0.1) is 0 Å². The van der Waals surface area contributed by atoms with Crippen LogP contribution in [0.15, 0.2) is 48.5 Å². The lowest BCUT2D eigenvalue weighted by Crippen LogP contribution is -2.40. The Balaban J connectivity index is 1.43. The lowest BCUT2D eigenvalue weighted by Gasteiger charge is -2.31. The van der Waals surface area contributed by atoms with E-state index in [1.807, 2.05) is 12.1 Å². The number of morpholine rings is 1. The summed E-state index contributed by atoms with van der Waals surface area (Å²) in [6.45, 7) is 6.15. The van der Waals surface area contributed by atoms with Gasteiger partial charge >= 0.3 is 0 Å². The molecule has 1 aliphatic rings. The maximum atomic E-state index is 12.1. The summed E-state index contributed by atoms with van der Waals surface area (Å²) in [5.74, 6) is 1.24. The molecular weight excluding hydrogens is 356 g/mol. The number of methoxy groups -OCH3 is 1. The first-order valence-electron chi connectivity index (χ1n) is 9.57. The zero-order valence-corrected chi connectivity index (χ0v) is 16.5. The fourth-order valence-corrected chi connectivity index (χ4v) is 3.20. The van der Waals surface area contributed by atoms with Gasteiger partial charge in [-0.3, -0.25) is 9.69 Å². The molecular formula is C22H28N2O4. The summed E-state index contributed by atoms with van der Waals surface area (Å²) in [5, 5.41) is 2.91. The first-order chi connectivity index (χ1) is 13.6. The fourth-order valence-electron chi connectivity index (χ4n) is 3.20. The highest BCUT2D eigenvalue weighted by atomic mass is 16.5. The summed E-state index contributed by atoms with van der Waals surface area (Å²) in [6.07, 6.45) is 0.280. The highest BCUT2D eigenvalue weighted by Gasteiger charge is 2.16. The van der Waals surface area contributed by atoms with Crippen molar-refractivity contribution in [1.82, 2.24) is 10.2 Å². The molecule has 0 saturated carbocycles. The Morgan fingerprint density at radius 3 is 2.68 bits per heavy atom. The maximum absolute atomic E-state index is 12.1. The van der Waals surface area contributed by atoms with E-state index in [-0.39, 0.29) is 18.6 Å². The molecule has 1 aliphatic heterocycles. The van der Waals surface area contributed by atoms with Crippen LogP contribution < -0.4 is 14.8 Å². The van der Waals surface area contributed by atoms with Crippen molar-refractivity contribution < 1.29 is 19.0 Å². The third kappa shape index (κ3) is 6.25. The molecule has 1 N–H and O–H groups in total. The predicted octanol–water partition coefficient (Wildman–Crippen LogP) is 2.61. The number of benzene rings is 2. The van der Waals surface area contributed by atoms with Gasteiger partial charge in [-0.2, -0.15) is 0 Å². The van der Waals surface area contributed by atoms with E-state index < -0.39 is 0 Å². The average molecular weight is 384 g/mol. The van der Waals surface area contributed by atoms with E-state index in [0.29, 0.717) is 12.3 Å². The maximum Gasteiger partial charge on any atom is 0.258 e. The molecule has 1 saturated heterocycles. The molecule has 0 spiro atoms. The largest absolute Gasteiger partial charge is 0.497 e. The van der Waals surface area contributed by atoms with Crippen molar-refractivity contribution in [3.05, 3.63) is 59.7 Å². The molecule has 1 atom stereocenters. The molecule has 1 heterocycles. The summed E-state index contributed by atoms with van der Waals surface area (Å²) >= 11 is 0. The van der Waals surface area contributed by atoms with Crippen molar-refractivity contribution in [2.24, 2.45) is 0 Å². The van der Waals surface area contributed by atoms with E-state index in [2.05, 4.69) is 29.3 Å². The Kier molecular flexibility index (Phi) is 7.28. The standard InChI is InChI=1S/C22H28N2O4/c1-17-14-24(10-11-27-17)15-19-5-3-4-18(12-19)13-23-22(25)16-28-21-8-6-20(26-2)7-9-21/h3-9,12,17H,10-11,13-16H2,1-2H3,(H,23,25). The number of nitrogens with zero attached hydrogens (tertiary/aromatic N) is 1. The molecule has 0 aromatic heterocycles. The van der Waals surface area contributed by atoms with Crippen molar-refractivity contribution in [3.8, 4) is 11.5 Å². The lowest BCUT2D eigenvalue weighted by molar-refractivity contribution is -0.123. The molecule has 3 rings (SSSR count). The molecule has 1 unspecified atom stereocenters. The van der Waals surface area contributed by atoms with Crippen LogP contribution in [0.5, 0.6) is 11.5 Å². The van der Waals surface area contributed by atoms with Gasteiger partial charge in [0.15, 0.2) is 6.61 Å². The minimum absolute atomic E-state index is 0.0162. The van der Waals surface area contributed by atoms with E-state index in [4.69, 9.17) is 14.2 Å². The van der Waals surface area contributed by atoms with Crippen molar-refractivity contribution in [2.45, 2.75) is 26.1 Å². The second-order valence-corrected chi connectivity index (χ2v) is 6.98. The Morgan fingerprint density at radius 1 is 1.18 bits per heavy atom. The average Bonchev–Trinajstić information content (AvgIpc) is 2.71. The highest BCUT2D eigenvalue weighted by Crippen LogP contribution is 2.17. The fraction of sp³-hybridized carbons (Fsp3) is 0.409. The second-order valence-electron chi connectivity index (χ2n) is 6.98. The number of carbonyl (C=O) groups is 1. The van der Waals surface area contributed by atoms with E-state index in [0.717, 1.165) is 37.6 Å². The smallest absolute Gasteiger partial charge is 0.258 e. The number of amides is 1. The van der Waals surface area contributed by atoms with Crippen molar-refractivity contribution in [3.63, 3.8) is 0 Å². The lowest BCUT2D eigenvalue weighted by atomic mass is 10.1. The monoisotopic (exact) mass is 384 g/mol. The molecule has 150 valence electrons. The van der Waals surface area contributed by atoms with Gasteiger partial charge in [-0.25, -0.2) is 0 Å². The van der Waals surface area contributed by atoms with Crippen LogP contribution in [0.1, 0.15) is 18.1 Å². The van der Waals surface area contributed by atoms with Crippen LogP contribution >= 0.6 is 0 Å². The number of ether oxygens (including phenoxy) is 3. The topological polar surface area (TPSA) is 60.0 Å². The first kappa shape index (κ1) is 20.2. The van der Waals surface area contributed by atoms with E-state index in [1.165, 1.54) is 5.56 Å². The van der Waals surface area contributed by atoms with Crippen LogP contribution in [0, 0.1) is 0 Å². The van der Waals surface area contributed by atoms with Crippen molar-refractivity contribution in [2.75, 3.05) is 33.4 Å². The second kappa shape index (κ2) is 10.1. The van der Waals surface area contributed by atoms with E-state index in [9.17, 15) is 4.79 Å². The number of hydrogen-bond donors (Lipinski definition) is 1. The molecule has 2 aromatic carbocycles. The van der Waals surface area contributed by atoms with Gasteiger partial charge in [-0.1, -0.05) is 24.3 Å². The number of nitrogens with one attached hydrogen (secondary N) is 1. The summed E-state index contributed by atoms with van der Waals surface area (Å²) < 4.78 is 16.2. The van der Waals surface area contributed by atoms with Gasteiger partial charge in [0.1, 0.15) is 11.5 Å². The highest BCUT2D eigenvalue weighted by molar-refractivity contribution is 5.77. The minimum atomic E-state index is -0.150. The Morgan fingerprint density at radius 2 is 1.93 bits per heavy atom. The molecule has 28 heavy (non-hydrogen) atoms. The first-order valence-corrected chi connectivity index (χ1v) is 9.57. The SMILES string of the molecule is COc1ccc(OCC(=O)NCc2cccc(CN3CCOC(C)C3)c2)cc1. The molecule has 0 bridgehead atoms. The number of rotatable bonds is 8. The minimum Gasteiger partial charge on any atom is -0.497 e. The third-order valence-electron chi connectivity index (χ3n) is 4.64. The van der Waals surface area contributed by atoms with Gasteiger partial charge in [0.25, 0.3) is 5.91 Å². The van der Waals surface area contributed by atoms with Gasteiger partial charge in [0.2, 0.25) is 0 Å². The van der Waals surface area contributed by atoms with Crippen molar-refractivity contribution >= 4 is 5.91 Å². The van der Waals surface area contributed by atoms with Gasteiger partial charge < -0.3 is 19.5 Å². The normalized spacial score (nSPS) is 17.1. The Bertz CT molecular complexity index is 763. The van der Waals surface area contributed by atoms with Gasteiger partial charge in [-0.05, 0) is 42.3 Å². The zero-order chi connectivity index (χ0) is 19.8. The molecule has 6 nitrogen and oxygen atoms in total. The predicted molar refractivity (Wildman–Crippen MR) is 107 cm³/mol. The molecule has 0 aliphatic carbocycles. The van der Waals surface area contributed by atoms with Crippen LogP contribution in [-0.2, 0) is 22.6 Å². The third-order valence-corrected chi connectivity index (χ3v) is 4.64. The van der Waals surface area contributed by atoms with E-state index >= 15 is 0 Å². The van der Waals surface area contributed by atoms with E-state index in [1.54, 1.807) is 31.4 Å². The summed E-state index contributed by atoms with van der Waals surface area (Å²) in [6, 6.07) is 15.5. The van der Waals surface area contributed by atoms with Crippen LogP contribution in [-0.4, -0.2) is 50.3 Å². The van der Waals surface area contributed by atoms with Gasteiger partial charge in [0.05, 0.1) is 19.8 Å². The quantitative estimate of drug-likeness (QED) is 0.758. The Labute approximate surface area is 166 Å². The summed E-state index contributed by atoms with van der Waals surface area (Å²) in [7, 11) is 1.61.